The molecule has 2 amide bonds. The van der Waals surface area contributed by atoms with Gasteiger partial charge in [-0.2, -0.15) is 0 Å². The Morgan fingerprint density at radius 2 is 1.79 bits per heavy atom. The molecule has 2 aliphatic rings. The number of nitrogens with one attached hydrogen (secondary N) is 1. The van der Waals surface area contributed by atoms with Gasteiger partial charge in [-0.05, 0) is 39.0 Å². The van der Waals surface area contributed by atoms with Crippen LogP contribution in [0.3, 0.4) is 0 Å². The van der Waals surface area contributed by atoms with Gasteiger partial charge in [0.1, 0.15) is 11.1 Å². The van der Waals surface area contributed by atoms with Gasteiger partial charge in [0.05, 0.1) is 0 Å². The number of carbonyl (C=O) groups excluding carboxylic acids is 2. The fourth-order valence-electron chi connectivity index (χ4n) is 3.09. The van der Waals surface area contributed by atoms with Crippen LogP contribution in [-0.2, 0) is 9.59 Å². The summed E-state index contributed by atoms with van der Waals surface area (Å²) in [5.41, 5.74) is -1.41. The summed E-state index contributed by atoms with van der Waals surface area (Å²) in [4.78, 5) is 27.0. The van der Waals surface area contributed by atoms with Crippen molar-refractivity contribution in [2.45, 2.75) is 70.9 Å². The van der Waals surface area contributed by atoms with Crippen LogP contribution in [0.25, 0.3) is 0 Å². The summed E-state index contributed by atoms with van der Waals surface area (Å²) in [5, 5.41) is 2.90. The largest absolute Gasteiger partial charge is 0.340 e. The number of hydrogen-bond acceptors (Lipinski definition) is 2. The number of hydrogen-bond donors (Lipinski definition) is 1. The SMILES string of the molecule is CCC1(CC)C(=O)NC(C)(C)C(=O)N1CCC1CC1. The first kappa shape index (κ1) is 14.4. The Balaban J connectivity index is 2.26. The molecule has 0 aromatic heterocycles. The van der Waals surface area contributed by atoms with Crippen LogP contribution in [-0.4, -0.2) is 34.3 Å². The Hall–Kier alpha value is -1.06. The maximum absolute atomic E-state index is 12.7. The fraction of sp³-hybridized carbons (Fsp3) is 0.867. The lowest BCUT2D eigenvalue weighted by molar-refractivity contribution is -0.162. The third kappa shape index (κ3) is 2.37. The molecule has 0 spiro atoms. The summed E-state index contributed by atoms with van der Waals surface area (Å²) in [6.45, 7) is 8.32. The summed E-state index contributed by atoms with van der Waals surface area (Å²) >= 11 is 0. The molecule has 1 N–H and O–H groups in total. The Labute approximate surface area is 115 Å². The number of piperazine rings is 1. The molecule has 0 radical (unpaired) electrons. The lowest BCUT2D eigenvalue weighted by atomic mass is 9.82. The Kier molecular flexibility index (Phi) is 3.63. The van der Waals surface area contributed by atoms with Gasteiger partial charge in [-0.3, -0.25) is 9.59 Å². The molecule has 1 aliphatic carbocycles. The van der Waals surface area contributed by atoms with E-state index in [0.29, 0.717) is 12.8 Å². The van der Waals surface area contributed by atoms with Crippen molar-refractivity contribution in [3.05, 3.63) is 0 Å². The minimum atomic E-state index is -0.769. The van der Waals surface area contributed by atoms with Crippen molar-refractivity contribution in [1.82, 2.24) is 10.2 Å². The molecule has 1 heterocycles. The van der Waals surface area contributed by atoms with Gasteiger partial charge in [-0.15, -0.1) is 0 Å². The van der Waals surface area contributed by atoms with Crippen molar-refractivity contribution in [2.75, 3.05) is 6.54 Å². The first-order valence-electron chi connectivity index (χ1n) is 7.52. The van der Waals surface area contributed by atoms with Gasteiger partial charge in [-0.25, -0.2) is 0 Å². The smallest absolute Gasteiger partial charge is 0.248 e. The van der Waals surface area contributed by atoms with Crippen molar-refractivity contribution < 1.29 is 9.59 Å². The standard InChI is InChI=1S/C15H26N2O2/c1-5-15(6-2)12(18)16-14(3,4)13(19)17(15)10-9-11-7-8-11/h11H,5-10H2,1-4H3,(H,16,18). The Morgan fingerprint density at radius 1 is 1.21 bits per heavy atom. The van der Waals surface area contributed by atoms with Crippen molar-refractivity contribution >= 4 is 11.8 Å². The van der Waals surface area contributed by atoms with Gasteiger partial charge < -0.3 is 10.2 Å². The summed E-state index contributed by atoms with van der Waals surface area (Å²) in [6, 6.07) is 0. The number of rotatable bonds is 5. The number of nitrogens with zero attached hydrogens (tertiary/aromatic N) is 1. The zero-order valence-electron chi connectivity index (χ0n) is 12.6. The topological polar surface area (TPSA) is 49.4 Å². The Morgan fingerprint density at radius 3 is 2.26 bits per heavy atom. The van der Waals surface area contributed by atoms with Gasteiger partial charge in [0, 0.05) is 6.54 Å². The molecule has 1 saturated heterocycles. The van der Waals surface area contributed by atoms with E-state index in [9.17, 15) is 9.59 Å². The highest BCUT2D eigenvalue weighted by Crippen LogP contribution is 2.36. The molecule has 2 fully saturated rings. The van der Waals surface area contributed by atoms with Crippen LogP contribution >= 0.6 is 0 Å². The van der Waals surface area contributed by atoms with E-state index in [1.165, 1.54) is 12.8 Å². The predicted molar refractivity (Wildman–Crippen MR) is 74.6 cm³/mol. The van der Waals surface area contributed by atoms with E-state index in [2.05, 4.69) is 5.32 Å². The molecule has 1 aliphatic heterocycles. The normalized spacial score (nSPS) is 25.4. The quantitative estimate of drug-likeness (QED) is 0.828. The van der Waals surface area contributed by atoms with E-state index in [4.69, 9.17) is 0 Å². The third-order valence-electron chi connectivity index (χ3n) is 4.77. The molecule has 1 saturated carbocycles. The van der Waals surface area contributed by atoms with E-state index in [0.717, 1.165) is 18.9 Å². The molecule has 0 aromatic rings. The van der Waals surface area contributed by atoms with Crippen molar-refractivity contribution in [2.24, 2.45) is 5.92 Å². The van der Waals surface area contributed by atoms with E-state index in [-0.39, 0.29) is 11.8 Å². The van der Waals surface area contributed by atoms with Crippen molar-refractivity contribution in [1.29, 1.82) is 0 Å². The van der Waals surface area contributed by atoms with E-state index in [1.54, 1.807) is 13.8 Å². The molecule has 2 rings (SSSR count). The molecule has 108 valence electrons. The second-order valence-corrected chi connectivity index (χ2v) is 6.51. The van der Waals surface area contributed by atoms with Crippen molar-refractivity contribution in [3.63, 3.8) is 0 Å². The average molecular weight is 266 g/mol. The fourth-order valence-corrected chi connectivity index (χ4v) is 3.09. The molecule has 4 nitrogen and oxygen atoms in total. The molecule has 19 heavy (non-hydrogen) atoms. The minimum Gasteiger partial charge on any atom is -0.340 e. The molecular formula is C15H26N2O2. The maximum atomic E-state index is 12.7. The zero-order chi connectivity index (χ0) is 14.3. The van der Waals surface area contributed by atoms with Crippen LogP contribution in [0.4, 0.5) is 0 Å². The van der Waals surface area contributed by atoms with E-state index in [1.807, 2.05) is 18.7 Å². The summed E-state index contributed by atoms with van der Waals surface area (Å²) in [6.07, 6.45) is 4.96. The van der Waals surface area contributed by atoms with E-state index >= 15 is 0 Å². The summed E-state index contributed by atoms with van der Waals surface area (Å²) in [5.74, 6) is 0.849. The highest BCUT2D eigenvalue weighted by Gasteiger charge is 2.53. The van der Waals surface area contributed by atoms with Gasteiger partial charge in [0.15, 0.2) is 0 Å². The van der Waals surface area contributed by atoms with Crippen LogP contribution < -0.4 is 5.32 Å². The molecule has 0 unspecified atom stereocenters. The Bertz CT molecular complexity index is 382. The first-order valence-corrected chi connectivity index (χ1v) is 7.52. The highest BCUT2D eigenvalue weighted by molar-refractivity contribution is 6.01. The molecule has 0 bridgehead atoms. The molecular weight excluding hydrogens is 240 g/mol. The van der Waals surface area contributed by atoms with Crippen LogP contribution in [0.15, 0.2) is 0 Å². The van der Waals surface area contributed by atoms with Gasteiger partial charge in [0.25, 0.3) is 0 Å². The van der Waals surface area contributed by atoms with Gasteiger partial charge >= 0.3 is 0 Å². The monoisotopic (exact) mass is 266 g/mol. The number of amides is 2. The summed E-state index contributed by atoms with van der Waals surface area (Å²) in [7, 11) is 0. The summed E-state index contributed by atoms with van der Waals surface area (Å²) < 4.78 is 0. The van der Waals surface area contributed by atoms with E-state index < -0.39 is 11.1 Å². The van der Waals surface area contributed by atoms with Crippen LogP contribution in [0, 0.1) is 5.92 Å². The second kappa shape index (κ2) is 4.80. The zero-order valence-corrected chi connectivity index (χ0v) is 12.6. The lowest BCUT2D eigenvalue weighted by Crippen LogP contribution is -2.74. The lowest BCUT2D eigenvalue weighted by Gasteiger charge is -2.50. The molecule has 0 atom stereocenters. The predicted octanol–water partition coefficient (Wildman–Crippen LogP) is 2.08. The molecule has 0 aromatic carbocycles. The number of carbonyl (C=O) groups is 2. The van der Waals surface area contributed by atoms with Crippen LogP contribution in [0.5, 0.6) is 0 Å². The van der Waals surface area contributed by atoms with Crippen LogP contribution in [0.2, 0.25) is 0 Å². The van der Waals surface area contributed by atoms with Gasteiger partial charge in [0.2, 0.25) is 11.8 Å². The molecule has 4 heteroatoms. The van der Waals surface area contributed by atoms with Crippen LogP contribution in [0.1, 0.15) is 59.8 Å². The average Bonchev–Trinajstić information content (AvgIpc) is 3.16. The maximum Gasteiger partial charge on any atom is 0.248 e. The second-order valence-electron chi connectivity index (χ2n) is 6.51. The minimum absolute atomic E-state index is 0.0119. The third-order valence-corrected chi connectivity index (χ3v) is 4.77. The van der Waals surface area contributed by atoms with Gasteiger partial charge in [-0.1, -0.05) is 26.7 Å². The highest BCUT2D eigenvalue weighted by atomic mass is 16.2. The first-order chi connectivity index (χ1) is 8.87. The van der Waals surface area contributed by atoms with Crippen molar-refractivity contribution in [3.8, 4) is 0 Å².